The third-order valence-corrected chi connectivity index (χ3v) is 2.41. The molecule has 0 aliphatic heterocycles. The minimum absolute atomic E-state index is 0.0769. The molecule has 0 saturated carbocycles. The lowest BCUT2D eigenvalue weighted by atomic mass is 10.1. The third kappa shape index (κ3) is 4.47. The average molecular weight is 252 g/mol. The first-order valence-electron chi connectivity index (χ1n) is 6.10. The van der Waals surface area contributed by atoms with Gasteiger partial charge in [-0.05, 0) is 31.5 Å². The maximum atomic E-state index is 12.0. The van der Waals surface area contributed by atoms with E-state index in [1.807, 2.05) is 38.1 Å². The lowest BCUT2D eigenvalue weighted by Crippen LogP contribution is -2.29. The summed E-state index contributed by atoms with van der Waals surface area (Å²) in [5.74, 6) is 0.664. The fourth-order valence-corrected chi connectivity index (χ4v) is 1.60. The lowest BCUT2D eigenvalue weighted by molar-refractivity contribution is -0.167. The van der Waals surface area contributed by atoms with Crippen LogP contribution in [-0.4, -0.2) is 32.4 Å². The van der Waals surface area contributed by atoms with Gasteiger partial charge in [0.25, 0.3) is 0 Å². The Labute approximate surface area is 108 Å². The van der Waals surface area contributed by atoms with Crippen LogP contribution in [0.1, 0.15) is 19.4 Å². The maximum Gasteiger partial charge on any atom is 0.218 e. The topological polar surface area (TPSA) is 44.8 Å². The molecule has 1 aromatic rings. The van der Waals surface area contributed by atoms with Crippen LogP contribution in [0.4, 0.5) is 0 Å². The van der Waals surface area contributed by atoms with E-state index >= 15 is 0 Å². The van der Waals surface area contributed by atoms with Gasteiger partial charge in [0.1, 0.15) is 5.75 Å². The second-order valence-electron chi connectivity index (χ2n) is 3.74. The highest BCUT2D eigenvalue weighted by Crippen LogP contribution is 2.14. The Morgan fingerprint density at radius 3 is 2.44 bits per heavy atom. The fourth-order valence-electron chi connectivity index (χ4n) is 1.60. The Hall–Kier alpha value is -1.39. The molecule has 0 saturated heterocycles. The first-order chi connectivity index (χ1) is 8.71. The second-order valence-corrected chi connectivity index (χ2v) is 3.74. The molecule has 0 aliphatic carbocycles. The van der Waals surface area contributed by atoms with E-state index < -0.39 is 6.29 Å². The van der Waals surface area contributed by atoms with E-state index in [0.29, 0.717) is 13.2 Å². The van der Waals surface area contributed by atoms with Crippen LogP contribution in [0.2, 0.25) is 0 Å². The summed E-state index contributed by atoms with van der Waals surface area (Å²) in [4.78, 5) is 12.0. The summed E-state index contributed by atoms with van der Waals surface area (Å²) in [5.41, 5.74) is 0.892. The summed E-state index contributed by atoms with van der Waals surface area (Å²) in [5, 5.41) is 0. The normalized spacial score (nSPS) is 10.7. The lowest BCUT2D eigenvalue weighted by Gasteiger charge is -2.15. The smallest absolute Gasteiger partial charge is 0.218 e. The molecule has 0 atom stereocenters. The molecule has 0 bridgehead atoms. The molecule has 0 unspecified atom stereocenters. The number of rotatable bonds is 8. The molecule has 0 spiro atoms. The van der Waals surface area contributed by atoms with Gasteiger partial charge in [-0.1, -0.05) is 12.1 Å². The first-order valence-corrected chi connectivity index (χ1v) is 6.10. The van der Waals surface area contributed by atoms with Crippen LogP contribution in [0.15, 0.2) is 24.3 Å². The van der Waals surface area contributed by atoms with E-state index in [1.165, 1.54) is 0 Å². The Morgan fingerprint density at radius 2 is 1.89 bits per heavy atom. The van der Waals surface area contributed by atoms with Gasteiger partial charge < -0.3 is 14.2 Å². The molecule has 100 valence electrons. The molecule has 4 nitrogen and oxygen atoms in total. The van der Waals surface area contributed by atoms with E-state index in [0.717, 1.165) is 11.3 Å². The van der Waals surface area contributed by atoms with Gasteiger partial charge in [-0.2, -0.15) is 0 Å². The average Bonchev–Trinajstić information content (AvgIpc) is 2.38. The predicted octanol–water partition coefficient (Wildman–Crippen LogP) is 2.21. The second kappa shape index (κ2) is 7.84. The monoisotopic (exact) mass is 252 g/mol. The Kier molecular flexibility index (Phi) is 6.39. The van der Waals surface area contributed by atoms with Crippen LogP contribution in [0.3, 0.4) is 0 Å². The van der Waals surface area contributed by atoms with Crippen molar-refractivity contribution in [3.05, 3.63) is 29.8 Å². The highest BCUT2D eigenvalue weighted by molar-refractivity contribution is 5.84. The third-order valence-electron chi connectivity index (χ3n) is 2.41. The maximum absolute atomic E-state index is 12.0. The van der Waals surface area contributed by atoms with Crippen molar-refractivity contribution in [2.75, 3.05) is 20.3 Å². The molecule has 18 heavy (non-hydrogen) atoms. The van der Waals surface area contributed by atoms with E-state index in [4.69, 9.17) is 14.2 Å². The summed E-state index contributed by atoms with van der Waals surface area (Å²) in [6.45, 7) is 4.58. The Bertz CT molecular complexity index is 370. The minimum Gasteiger partial charge on any atom is -0.497 e. The molecule has 0 aliphatic rings. The summed E-state index contributed by atoms with van der Waals surface area (Å²) in [7, 11) is 1.60. The van der Waals surface area contributed by atoms with Crippen molar-refractivity contribution in [1.82, 2.24) is 0 Å². The molecule has 0 N–H and O–H groups in total. The zero-order valence-corrected chi connectivity index (χ0v) is 11.1. The number of ether oxygens (including phenoxy) is 3. The molecular formula is C14H20O4. The minimum atomic E-state index is -0.772. The van der Waals surface area contributed by atoms with Crippen molar-refractivity contribution >= 4 is 5.78 Å². The molecule has 4 heteroatoms. The quantitative estimate of drug-likeness (QED) is 0.665. The molecule has 0 heterocycles. The van der Waals surface area contributed by atoms with Crippen LogP contribution >= 0.6 is 0 Å². The van der Waals surface area contributed by atoms with Gasteiger partial charge in [-0.15, -0.1) is 0 Å². The summed E-state index contributed by atoms with van der Waals surface area (Å²) in [6, 6.07) is 7.43. The zero-order chi connectivity index (χ0) is 13.4. The van der Waals surface area contributed by atoms with E-state index in [2.05, 4.69) is 0 Å². The number of benzene rings is 1. The highest BCUT2D eigenvalue weighted by atomic mass is 16.7. The number of carbonyl (C=O) groups excluding carboxylic acids is 1. The van der Waals surface area contributed by atoms with Crippen LogP contribution in [0.25, 0.3) is 0 Å². The number of hydrogen-bond acceptors (Lipinski definition) is 4. The zero-order valence-electron chi connectivity index (χ0n) is 11.1. The number of Topliss-reactive ketones (excluding diaryl/α,β-unsaturated/α-hetero) is 1. The van der Waals surface area contributed by atoms with Crippen molar-refractivity contribution < 1.29 is 19.0 Å². The van der Waals surface area contributed by atoms with E-state index in [9.17, 15) is 4.79 Å². The van der Waals surface area contributed by atoms with Crippen molar-refractivity contribution in [3.63, 3.8) is 0 Å². The van der Waals surface area contributed by atoms with Crippen LogP contribution in [-0.2, 0) is 20.7 Å². The Balaban J connectivity index is 2.66. The van der Waals surface area contributed by atoms with Gasteiger partial charge in [-0.3, -0.25) is 4.79 Å². The molecular weight excluding hydrogens is 232 g/mol. The van der Waals surface area contributed by atoms with Crippen molar-refractivity contribution in [1.29, 1.82) is 0 Å². The van der Waals surface area contributed by atoms with Gasteiger partial charge >= 0.3 is 0 Å². The molecule has 1 rings (SSSR count). The molecule has 0 fully saturated rings. The predicted molar refractivity (Wildman–Crippen MR) is 68.7 cm³/mol. The SMILES string of the molecule is CCOC(OCC)C(=O)Cc1cccc(OC)c1. The van der Waals surface area contributed by atoms with Gasteiger partial charge in [0.15, 0.2) is 5.78 Å². The molecule has 0 radical (unpaired) electrons. The van der Waals surface area contributed by atoms with Gasteiger partial charge in [0.2, 0.25) is 6.29 Å². The van der Waals surface area contributed by atoms with Crippen molar-refractivity contribution in [2.45, 2.75) is 26.6 Å². The van der Waals surface area contributed by atoms with Gasteiger partial charge in [0.05, 0.1) is 7.11 Å². The number of carbonyl (C=O) groups is 1. The van der Waals surface area contributed by atoms with Gasteiger partial charge in [0, 0.05) is 19.6 Å². The number of methoxy groups -OCH3 is 1. The van der Waals surface area contributed by atoms with Gasteiger partial charge in [-0.25, -0.2) is 0 Å². The van der Waals surface area contributed by atoms with E-state index in [-0.39, 0.29) is 12.2 Å². The van der Waals surface area contributed by atoms with E-state index in [1.54, 1.807) is 7.11 Å². The summed E-state index contributed by atoms with van der Waals surface area (Å²) >= 11 is 0. The molecule has 1 aromatic carbocycles. The van der Waals surface area contributed by atoms with Crippen LogP contribution < -0.4 is 4.74 Å². The number of hydrogen-bond donors (Lipinski definition) is 0. The van der Waals surface area contributed by atoms with Crippen molar-refractivity contribution in [3.8, 4) is 5.75 Å². The summed E-state index contributed by atoms with van der Waals surface area (Å²) < 4.78 is 15.7. The van der Waals surface area contributed by atoms with Crippen LogP contribution in [0.5, 0.6) is 5.75 Å². The molecule has 0 amide bonds. The van der Waals surface area contributed by atoms with Crippen molar-refractivity contribution in [2.24, 2.45) is 0 Å². The highest BCUT2D eigenvalue weighted by Gasteiger charge is 2.18. The largest absolute Gasteiger partial charge is 0.497 e. The standard InChI is InChI=1S/C14H20O4/c1-4-17-14(18-5-2)13(15)10-11-7-6-8-12(9-11)16-3/h6-9,14H,4-5,10H2,1-3H3. The molecule has 0 aromatic heterocycles. The number of ketones is 1. The summed E-state index contributed by atoms with van der Waals surface area (Å²) in [6.07, 6.45) is -0.492. The first kappa shape index (κ1) is 14.7. The fraction of sp³-hybridized carbons (Fsp3) is 0.500. The van der Waals surface area contributed by atoms with Crippen LogP contribution in [0, 0.1) is 0 Å². The Morgan fingerprint density at radius 1 is 1.22 bits per heavy atom.